The van der Waals surface area contributed by atoms with E-state index in [1.165, 1.54) is 25.9 Å². The lowest BCUT2D eigenvalue weighted by Gasteiger charge is -2.36. The number of likely N-dealkylation sites (tertiary alicyclic amines) is 2. The first-order chi connectivity index (χ1) is 19.5. The number of pyridine rings is 1. The maximum atomic E-state index is 13.1. The molecule has 2 saturated heterocycles. The van der Waals surface area contributed by atoms with Crippen LogP contribution in [0.25, 0.3) is 10.9 Å². The van der Waals surface area contributed by atoms with Crippen molar-refractivity contribution in [3.63, 3.8) is 0 Å². The van der Waals surface area contributed by atoms with Crippen LogP contribution in [0, 0.1) is 0 Å². The topological polar surface area (TPSA) is 82.9 Å². The van der Waals surface area contributed by atoms with E-state index < -0.39 is 0 Å². The minimum absolute atomic E-state index is 0.127. The van der Waals surface area contributed by atoms with Gasteiger partial charge in [0.1, 0.15) is 17.3 Å². The van der Waals surface area contributed by atoms with Crippen molar-refractivity contribution >= 4 is 34.5 Å². The summed E-state index contributed by atoms with van der Waals surface area (Å²) in [4.78, 5) is 36.4. The van der Waals surface area contributed by atoms with Crippen LogP contribution in [0.2, 0.25) is 0 Å². The molecule has 0 atom stereocenters. The van der Waals surface area contributed by atoms with Gasteiger partial charge in [0.05, 0.1) is 5.52 Å². The number of para-hydroxylation sites is 1. The highest BCUT2D eigenvalue weighted by molar-refractivity contribution is 6.00. The Morgan fingerprint density at radius 3 is 2.45 bits per heavy atom. The summed E-state index contributed by atoms with van der Waals surface area (Å²) < 4.78 is 7.72. The molecule has 2 aliphatic rings. The van der Waals surface area contributed by atoms with Crippen LogP contribution in [0.3, 0.4) is 0 Å². The van der Waals surface area contributed by atoms with Crippen LogP contribution in [0.1, 0.15) is 25.7 Å². The molecule has 0 unspecified atom stereocenters. The predicted molar refractivity (Wildman–Crippen MR) is 156 cm³/mol. The third-order valence-electron chi connectivity index (χ3n) is 7.91. The van der Waals surface area contributed by atoms with Crippen molar-refractivity contribution in [3.8, 4) is 11.5 Å². The number of anilines is 2. The summed E-state index contributed by atoms with van der Waals surface area (Å²) in [7, 11) is 1.76. The molecule has 4 heterocycles. The number of carbonyl (C=O) groups is 2. The van der Waals surface area contributed by atoms with Gasteiger partial charge in [-0.1, -0.05) is 18.2 Å². The number of urea groups is 1. The molecule has 9 heteroatoms. The van der Waals surface area contributed by atoms with Crippen LogP contribution in [0.5, 0.6) is 11.5 Å². The molecule has 9 nitrogen and oxygen atoms in total. The van der Waals surface area contributed by atoms with E-state index >= 15 is 0 Å². The predicted octanol–water partition coefficient (Wildman–Crippen LogP) is 6.03. The van der Waals surface area contributed by atoms with Crippen LogP contribution in [0.4, 0.5) is 21.1 Å². The van der Waals surface area contributed by atoms with Crippen molar-refractivity contribution in [1.29, 1.82) is 0 Å². The smallest absolute Gasteiger partial charge is 0.332 e. The van der Waals surface area contributed by atoms with Crippen molar-refractivity contribution in [2.24, 2.45) is 0 Å². The Morgan fingerprint density at radius 2 is 1.68 bits per heavy atom. The van der Waals surface area contributed by atoms with Gasteiger partial charge in [-0.2, -0.15) is 0 Å². The molecule has 40 heavy (non-hydrogen) atoms. The molecule has 2 aliphatic heterocycles. The number of nitrogens with one attached hydrogen (secondary N) is 1. The first kappa shape index (κ1) is 25.9. The number of hydrogen-bond donors (Lipinski definition) is 1. The van der Waals surface area contributed by atoms with Crippen molar-refractivity contribution in [3.05, 3.63) is 79.1 Å². The van der Waals surface area contributed by atoms with Gasteiger partial charge < -0.3 is 14.5 Å². The lowest BCUT2D eigenvalue weighted by molar-refractivity contribution is 0.140. The van der Waals surface area contributed by atoms with Gasteiger partial charge in [-0.05, 0) is 81.2 Å². The van der Waals surface area contributed by atoms with E-state index in [4.69, 9.17) is 4.74 Å². The number of hydrogen-bond acceptors (Lipinski definition) is 5. The molecule has 0 radical (unpaired) electrons. The van der Waals surface area contributed by atoms with Gasteiger partial charge in [-0.15, -0.1) is 0 Å². The average molecular weight is 539 g/mol. The van der Waals surface area contributed by atoms with Crippen molar-refractivity contribution in [2.45, 2.75) is 31.7 Å². The third kappa shape index (κ3) is 5.51. The molecule has 2 aromatic heterocycles. The van der Waals surface area contributed by atoms with Crippen LogP contribution >= 0.6 is 0 Å². The zero-order valence-corrected chi connectivity index (χ0v) is 22.7. The number of rotatable bonds is 5. The fraction of sp³-hybridized carbons (Fsp3) is 0.323. The number of piperidine rings is 1. The number of carbonyl (C=O) groups excluding carboxylic acids is 2. The lowest BCUT2D eigenvalue weighted by atomic mass is 10.0. The molecule has 1 N–H and O–H groups in total. The van der Waals surface area contributed by atoms with E-state index in [0.717, 1.165) is 42.5 Å². The molecular formula is C31H34N6O3. The van der Waals surface area contributed by atoms with Gasteiger partial charge in [-0.25, -0.2) is 14.6 Å². The standard InChI is InChI=1S/C31H34N6O3/c1-34(24-7-3-2-4-8-24)31(39)37-20-12-23-21-26(9-10-28(23)37)40-27-11-15-32-29(22-27)33-30(38)36-18-13-25(14-19-36)35-16-5-6-17-35/h2-4,7-12,15,20-22,25H,5-6,13-14,16-19H2,1H3,(H,32,33,38). The third-order valence-corrected chi connectivity index (χ3v) is 7.91. The number of aromatic nitrogens is 2. The van der Waals surface area contributed by atoms with E-state index in [-0.39, 0.29) is 12.1 Å². The highest BCUT2D eigenvalue weighted by Crippen LogP contribution is 2.28. The average Bonchev–Trinajstić information content (AvgIpc) is 3.68. The first-order valence-corrected chi connectivity index (χ1v) is 13.9. The normalized spacial score (nSPS) is 16.3. The fourth-order valence-corrected chi connectivity index (χ4v) is 5.68. The molecule has 0 spiro atoms. The van der Waals surface area contributed by atoms with Crippen molar-refractivity contribution < 1.29 is 14.3 Å². The number of fused-ring (bicyclic) bond motifs is 1. The van der Waals surface area contributed by atoms with Crippen molar-refractivity contribution in [1.82, 2.24) is 19.4 Å². The summed E-state index contributed by atoms with van der Waals surface area (Å²) in [6, 6.07) is 20.8. The zero-order valence-electron chi connectivity index (χ0n) is 22.7. The van der Waals surface area contributed by atoms with E-state index in [1.807, 2.05) is 59.5 Å². The first-order valence-electron chi connectivity index (χ1n) is 13.9. The Hall–Kier alpha value is -4.37. The van der Waals surface area contributed by atoms with E-state index in [1.54, 1.807) is 41.0 Å². The Balaban J connectivity index is 1.08. The Morgan fingerprint density at radius 1 is 0.925 bits per heavy atom. The molecule has 6 rings (SSSR count). The highest BCUT2D eigenvalue weighted by atomic mass is 16.5. The van der Waals surface area contributed by atoms with E-state index in [2.05, 4.69) is 15.2 Å². The zero-order chi connectivity index (χ0) is 27.5. The highest BCUT2D eigenvalue weighted by Gasteiger charge is 2.28. The molecule has 3 amide bonds. The Bertz CT molecular complexity index is 1490. The maximum Gasteiger partial charge on any atom is 0.332 e. The second kappa shape index (κ2) is 11.4. The van der Waals surface area contributed by atoms with Gasteiger partial charge >= 0.3 is 12.1 Å². The van der Waals surface area contributed by atoms with Crippen molar-refractivity contribution in [2.75, 3.05) is 43.4 Å². The lowest BCUT2D eigenvalue weighted by Crippen LogP contribution is -2.47. The molecule has 2 fully saturated rings. The van der Waals surface area contributed by atoms with Gasteiger partial charge in [0.2, 0.25) is 0 Å². The molecule has 0 bridgehead atoms. The fourth-order valence-electron chi connectivity index (χ4n) is 5.68. The monoisotopic (exact) mass is 538 g/mol. The summed E-state index contributed by atoms with van der Waals surface area (Å²) >= 11 is 0. The van der Waals surface area contributed by atoms with Gasteiger partial charge in [-0.3, -0.25) is 14.8 Å². The largest absolute Gasteiger partial charge is 0.457 e. The second-order valence-corrected chi connectivity index (χ2v) is 10.5. The molecule has 206 valence electrons. The van der Waals surface area contributed by atoms with Gasteiger partial charge in [0, 0.05) is 55.7 Å². The molecule has 0 saturated carbocycles. The molecule has 0 aliphatic carbocycles. The number of amides is 3. The van der Waals surface area contributed by atoms with Crippen LogP contribution in [0.15, 0.2) is 79.1 Å². The van der Waals surface area contributed by atoms with Gasteiger partial charge in [0.25, 0.3) is 0 Å². The number of nitrogens with zero attached hydrogens (tertiary/aromatic N) is 5. The second-order valence-electron chi connectivity index (χ2n) is 10.5. The minimum atomic E-state index is -0.148. The Labute approximate surface area is 233 Å². The van der Waals surface area contributed by atoms with Gasteiger partial charge in [0.15, 0.2) is 0 Å². The van der Waals surface area contributed by atoms with Crippen LogP contribution < -0.4 is 15.0 Å². The number of benzene rings is 2. The van der Waals surface area contributed by atoms with E-state index in [0.29, 0.717) is 23.4 Å². The summed E-state index contributed by atoms with van der Waals surface area (Å²) in [5.41, 5.74) is 1.61. The summed E-state index contributed by atoms with van der Waals surface area (Å²) in [6.45, 7) is 3.89. The Kier molecular flexibility index (Phi) is 7.37. The van der Waals surface area contributed by atoms with E-state index in [9.17, 15) is 9.59 Å². The quantitative estimate of drug-likeness (QED) is 0.336. The number of ether oxygens (including phenoxy) is 1. The SMILES string of the molecule is CN(C(=O)n1ccc2cc(Oc3ccnc(NC(=O)N4CCC(N5CCCC5)CC4)c3)ccc21)c1ccccc1. The summed E-state index contributed by atoms with van der Waals surface area (Å²) in [6.07, 6.45) is 8.00. The molecule has 2 aromatic carbocycles. The molecular weight excluding hydrogens is 504 g/mol. The summed E-state index contributed by atoms with van der Waals surface area (Å²) in [5, 5.41) is 3.81. The van der Waals surface area contributed by atoms with Crippen LogP contribution in [-0.2, 0) is 0 Å². The summed E-state index contributed by atoms with van der Waals surface area (Å²) in [5.74, 6) is 1.64. The molecule has 4 aromatic rings. The minimum Gasteiger partial charge on any atom is -0.457 e. The van der Waals surface area contributed by atoms with Crippen LogP contribution in [-0.4, -0.2) is 70.7 Å². The maximum absolute atomic E-state index is 13.1.